The predicted octanol–water partition coefficient (Wildman–Crippen LogP) is 3.18. The standard InChI is InChI=1S/C11H8ClF2NO/c1-16-7-4-6(13)9(12)10(14)8(7)11(5-15)2-3-11/h4H,2-3H2,1H3. The second-order valence-corrected chi connectivity index (χ2v) is 4.14. The number of nitriles is 1. The van der Waals surface area contributed by atoms with Crippen molar-refractivity contribution in [3.8, 4) is 11.8 Å². The van der Waals surface area contributed by atoms with E-state index in [0.29, 0.717) is 12.8 Å². The van der Waals surface area contributed by atoms with E-state index in [2.05, 4.69) is 0 Å². The minimum Gasteiger partial charge on any atom is -0.496 e. The molecule has 84 valence electrons. The molecule has 1 saturated carbocycles. The fourth-order valence-electron chi connectivity index (χ4n) is 1.72. The summed E-state index contributed by atoms with van der Waals surface area (Å²) >= 11 is 5.49. The molecule has 0 bridgehead atoms. The summed E-state index contributed by atoms with van der Waals surface area (Å²) in [6.07, 6.45) is 1.08. The second kappa shape index (κ2) is 3.60. The first kappa shape index (κ1) is 11.2. The summed E-state index contributed by atoms with van der Waals surface area (Å²) in [7, 11) is 1.30. The van der Waals surface area contributed by atoms with E-state index in [1.807, 2.05) is 6.07 Å². The van der Waals surface area contributed by atoms with Crippen LogP contribution in [0.5, 0.6) is 5.75 Å². The van der Waals surface area contributed by atoms with E-state index in [9.17, 15) is 8.78 Å². The number of hydrogen-bond acceptors (Lipinski definition) is 2. The molecule has 1 aromatic rings. The average Bonchev–Trinajstić information content (AvgIpc) is 3.06. The molecule has 5 heteroatoms. The van der Waals surface area contributed by atoms with Crippen LogP contribution in [-0.2, 0) is 5.41 Å². The Labute approximate surface area is 96.4 Å². The summed E-state index contributed by atoms with van der Waals surface area (Å²) in [4.78, 5) is 0. The SMILES string of the molecule is COc1cc(F)c(Cl)c(F)c1C1(C#N)CC1. The molecule has 0 radical (unpaired) electrons. The van der Waals surface area contributed by atoms with Crippen LogP contribution in [0.15, 0.2) is 6.07 Å². The Kier molecular flexibility index (Phi) is 2.51. The molecular formula is C11H8ClF2NO. The number of hydrogen-bond donors (Lipinski definition) is 0. The maximum atomic E-state index is 13.8. The fourth-order valence-corrected chi connectivity index (χ4v) is 1.87. The lowest BCUT2D eigenvalue weighted by atomic mass is 9.96. The molecular weight excluding hydrogens is 236 g/mol. The number of nitrogens with zero attached hydrogens (tertiary/aromatic N) is 1. The highest BCUT2D eigenvalue weighted by Crippen LogP contribution is 2.52. The third-order valence-electron chi connectivity index (χ3n) is 2.79. The van der Waals surface area contributed by atoms with Crippen molar-refractivity contribution in [3.05, 3.63) is 28.3 Å². The van der Waals surface area contributed by atoms with Gasteiger partial charge in [-0.1, -0.05) is 11.6 Å². The lowest BCUT2D eigenvalue weighted by Crippen LogP contribution is -2.10. The van der Waals surface area contributed by atoms with Gasteiger partial charge in [-0.15, -0.1) is 0 Å². The average molecular weight is 244 g/mol. The molecule has 0 aromatic heterocycles. The van der Waals surface area contributed by atoms with Crippen molar-refractivity contribution in [1.82, 2.24) is 0 Å². The molecule has 0 heterocycles. The topological polar surface area (TPSA) is 33.0 Å². The Bertz CT molecular complexity index is 492. The van der Waals surface area contributed by atoms with Crippen LogP contribution in [0, 0.1) is 23.0 Å². The number of ether oxygens (including phenoxy) is 1. The lowest BCUT2D eigenvalue weighted by Gasteiger charge is -2.14. The van der Waals surface area contributed by atoms with Crippen molar-refractivity contribution in [3.63, 3.8) is 0 Å². The monoisotopic (exact) mass is 243 g/mol. The van der Waals surface area contributed by atoms with Gasteiger partial charge in [-0.05, 0) is 12.8 Å². The van der Waals surface area contributed by atoms with Gasteiger partial charge in [0.2, 0.25) is 0 Å². The highest BCUT2D eigenvalue weighted by Gasteiger charge is 2.49. The second-order valence-electron chi connectivity index (χ2n) is 3.76. The van der Waals surface area contributed by atoms with Crippen LogP contribution in [0.1, 0.15) is 18.4 Å². The smallest absolute Gasteiger partial charge is 0.153 e. The number of methoxy groups -OCH3 is 1. The fraction of sp³-hybridized carbons (Fsp3) is 0.364. The molecule has 0 aliphatic heterocycles. The summed E-state index contributed by atoms with van der Waals surface area (Å²) in [5.74, 6) is -1.73. The maximum Gasteiger partial charge on any atom is 0.153 e. The van der Waals surface area contributed by atoms with E-state index in [-0.39, 0.29) is 11.3 Å². The largest absolute Gasteiger partial charge is 0.496 e. The van der Waals surface area contributed by atoms with Crippen LogP contribution >= 0.6 is 11.6 Å². The Morgan fingerprint density at radius 2 is 2.12 bits per heavy atom. The Balaban J connectivity index is 2.69. The molecule has 0 N–H and O–H groups in total. The molecule has 2 nitrogen and oxygen atoms in total. The minimum atomic E-state index is -0.896. The van der Waals surface area contributed by atoms with E-state index in [1.165, 1.54) is 7.11 Å². The first-order chi connectivity index (χ1) is 7.55. The van der Waals surface area contributed by atoms with Crippen LogP contribution in [0.4, 0.5) is 8.78 Å². The number of benzene rings is 1. The van der Waals surface area contributed by atoms with Crippen molar-refractivity contribution in [2.75, 3.05) is 7.11 Å². The van der Waals surface area contributed by atoms with Crippen molar-refractivity contribution in [2.45, 2.75) is 18.3 Å². The van der Waals surface area contributed by atoms with Gasteiger partial charge in [0.15, 0.2) is 5.82 Å². The van der Waals surface area contributed by atoms with Crippen LogP contribution in [0.3, 0.4) is 0 Å². The van der Waals surface area contributed by atoms with E-state index >= 15 is 0 Å². The summed E-state index contributed by atoms with van der Waals surface area (Å²) in [5.41, 5.74) is -0.823. The highest BCUT2D eigenvalue weighted by atomic mass is 35.5. The van der Waals surface area contributed by atoms with Gasteiger partial charge in [-0.3, -0.25) is 0 Å². The van der Waals surface area contributed by atoms with Crippen LogP contribution < -0.4 is 4.74 Å². The van der Waals surface area contributed by atoms with E-state index < -0.39 is 22.1 Å². The van der Waals surface area contributed by atoms with Gasteiger partial charge in [0.25, 0.3) is 0 Å². The molecule has 0 saturated heterocycles. The predicted molar refractivity (Wildman–Crippen MR) is 54.4 cm³/mol. The third kappa shape index (κ3) is 1.43. The zero-order valence-electron chi connectivity index (χ0n) is 8.48. The van der Waals surface area contributed by atoms with Gasteiger partial charge in [-0.2, -0.15) is 5.26 Å². The first-order valence-corrected chi connectivity index (χ1v) is 5.07. The zero-order valence-corrected chi connectivity index (χ0v) is 9.24. The van der Waals surface area contributed by atoms with Gasteiger partial charge in [0.05, 0.1) is 24.2 Å². The van der Waals surface area contributed by atoms with E-state index in [0.717, 1.165) is 6.07 Å². The molecule has 1 fully saturated rings. The van der Waals surface area contributed by atoms with Gasteiger partial charge in [0, 0.05) is 6.07 Å². The third-order valence-corrected chi connectivity index (χ3v) is 3.14. The molecule has 1 aromatic carbocycles. The summed E-state index contributed by atoms with van der Waals surface area (Å²) in [6, 6.07) is 3.04. The van der Waals surface area contributed by atoms with Gasteiger partial charge in [-0.25, -0.2) is 8.78 Å². The summed E-state index contributed by atoms with van der Waals surface area (Å²) in [6.45, 7) is 0. The number of rotatable bonds is 2. The Morgan fingerprint density at radius 1 is 1.50 bits per heavy atom. The van der Waals surface area contributed by atoms with Gasteiger partial charge in [0.1, 0.15) is 16.6 Å². The molecule has 0 atom stereocenters. The molecule has 1 aliphatic rings. The van der Waals surface area contributed by atoms with Crippen LogP contribution in [-0.4, -0.2) is 7.11 Å². The molecule has 1 aliphatic carbocycles. The molecule has 0 spiro atoms. The van der Waals surface area contributed by atoms with Crippen LogP contribution in [0.2, 0.25) is 5.02 Å². The lowest BCUT2D eigenvalue weighted by molar-refractivity contribution is 0.396. The molecule has 0 amide bonds. The van der Waals surface area contributed by atoms with Gasteiger partial charge >= 0.3 is 0 Å². The molecule has 0 unspecified atom stereocenters. The zero-order chi connectivity index (χ0) is 11.9. The van der Waals surface area contributed by atoms with Crippen LogP contribution in [0.25, 0.3) is 0 Å². The Morgan fingerprint density at radius 3 is 2.56 bits per heavy atom. The van der Waals surface area contributed by atoms with E-state index in [1.54, 1.807) is 0 Å². The summed E-state index contributed by atoms with van der Waals surface area (Å²) < 4.78 is 31.9. The van der Waals surface area contributed by atoms with Crippen molar-refractivity contribution in [1.29, 1.82) is 5.26 Å². The quantitative estimate of drug-likeness (QED) is 0.748. The first-order valence-electron chi connectivity index (χ1n) is 4.69. The maximum absolute atomic E-state index is 13.8. The molecule has 16 heavy (non-hydrogen) atoms. The summed E-state index contributed by atoms with van der Waals surface area (Å²) in [5, 5.41) is 8.42. The normalized spacial score (nSPS) is 16.7. The highest BCUT2D eigenvalue weighted by molar-refractivity contribution is 6.31. The van der Waals surface area contributed by atoms with Crippen molar-refractivity contribution in [2.24, 2.45) is 0 Å². The van der Waals surface area contributed by atoms with Crippen molar-refractivity contribution >= 4 is 11.6 Å². The number of halogens is 3. The van der Waals surface area contributed by atoms with Crippen molar-refractivity contribution < 1.29 is 13.5 Å². The molecule has 2 rings (SSSR count). The van der Waals surface area contributed by atoms with E-state index in [4.69, 9.17) is 21.6 Å². The Hall–Kier alpha value is -1.34. The van der Waals surface area contributed by atoms with Gasteiger partial charge < -0.3 is 4.74 Å². The minimum absolute atomic E-state index is 0.0402.